The number of thiazole rings is 1. The van der Waals surface area contributed by atoms with Crippen molar-refractivity contribution in [1.29, 1.82) is 0 Å². The van der Waals surface area contributed by atoms with Gasteiger partial charge in [-0.1, -0.05) is 24.7 Å². The molecule has 0 atom stereocenters. The van der Waals surface area contributed by atoms with Crippen LogP contribution >= 0.6 is 11.3 Å². The smallest absolute Gasteiger partial charge is 0.257 e. The molecule has 0 aliphatic carbocycles. The quantitative estimate of drug-likeness (QED) is 0.594. The molecule has 1 amide bonds. The zero-order valence-corrected chi connectivity index (χ0v) is 18.7. The van der Waals surface area contributed by atoms with Crippen molar-refractivity contribution in [3.05, 3.63) is 53.1 Å². The van der Waals surface area contributed by atoms with E-state index >= 15 is 0 Å². The first-order valence-corrected chi connectivity index (χ1v) is 11.7. The summed E-state index contributed by atoms with van der Waals surface area (Å²) in [5.74, 6) is -0.319. The molecule has 0 unspecified atom stereocenters. The van der Waals surface area contributed by atoms with E-state index in [1.165, 1.54) is 45.5 Å². The Balaban J connectivity index is 1.75. The lowest BCUT2D eigenvalue weighted by molar-refractivity contribution is 0.102. The Labute approximate surface area is 175 Å². The van der Waals surface area contributed by atoms with E-state index in [2.05, 4.69) is 16.4 Å². The van der Waals surface area contributed by atoms with Gasteiger partial charge in [-0.25, -0.2) is 17.7 Å². The molecule has 0 aliphatic heterocycles. The lowest BCUT2D eigenvalue weighted by atomic mass is 10.1. The normalized spacial score (nSPS) is 11.9. The van der Waals surface area contributed by atoms with Gasteiger partial charge >= 0.3 is 0 Å². The number of carbonyl (C=O) groups excluding carboxylic acids is 1. The van der Waals surface area contributed by atoms with Crippen LogP contribution in [0.3, 0.4) is 0 Å². The molecular weight excluding hydrogens is 406 g/mol. The highest BCUT2D eigenvalue weighted by Crippen LogP contribution is 2.28. The molecule has 2 aromatic carbocycles. The molecular formula is C21H25N3O3S2. The molecule has 1 aromatic heterocycles. The van der Waals surface area contributed by atoms with Crippen molar-refractivity contribution in [2.45, 2.75) is 38.5 Å². The maximum absolute atomic E-state index is 12.6. The zero-order valence-electron chi connectivity index (χ0n) is 17.0. The summed E-state index contributed by atoms with van der Waals surface area (Å²) in [6.07, 6.45) is 1.72. The molecule has 0 radical (unpaired) electrons. The standard InChI is InChI=1S/C21H25N3O3S2/c1-5-6-11-24(4)29(26,27)17-9-7-16(8-10-17)20(25)23-21-22-18-12-14(2)15(3)13-19(18)28-21/h7-10,12-13H,5-6,11H2,1-4H3,(H,22,23,25). The fourth-order valence-electron chi connectivity index (χ4n) is 2.86. The molecule has 3 rings (SSSR count). The van der Waals surface area contributed by atoms with Gasteiger partial charge in [-0.2, -0.15) is 0 Å². The summed E-state index contributed by atoms with van der Waals surface area (Å²) in [7, 11) is -1.98. The summed E-state index contributed by atoms with van der Waals surface area (Å²) in [5, 5.41) is 3.32. The van der Waals surface area contributed by atoms with Crippen molar-refractivity contribution in [3.8, 4) is 0 Å². The average molecular weight is 432 g/mol. The Bertz CT molecular complexity index is 1100. The summed E-state index contributed by atoms with van der Waals surface area (Å²) in [4.78, 5) is 17.2. The number of hydrogen-bond donors (Lipinski definition) is 1. The van der Waals surface area contributed by atoms with Crippen LogP contribution in [0, 0.1) is 13.8 Å². The summed E-state index contributed by atoms with van der Waals surface area (Å²) in [6.45, 7) is 6.56. The number of nitrogens with zero attached hydrogens (tertiary/aromatic N) is 2. The van der Waals surface area contributed by atoms with Crippen molar-refractivity contribution in [2.24, 2.45) is 0 Å². The number of rotatable bonds is 7. The topological polar surface area (TPSA) is 79.4 Å². The van der Waals surface area contributed by atoms with Gasteiger partial charge < -0.3 is 0 Å². The molecule has 0 spiro atoms. The minimum absolute atomic E-state index is 0.179. The van der Waals surface area contributed by atoms with E-state index in [4.69, 9.17) is 0 Å². The van der Waals surface area contributed by atoms with Gasteiger partial charge in [-0.05, 0) is 67.8 Å². The van der Waals surface area contributed by atoms with Crippen LogP contribution in [-0.4, -0.2) is 37.2 Å². The number of anilines is 1. The van der Waals surface area contributed by atoms with Gasteiger partial charge in [-0.3, -0.25) is 10.1 Å². The van der Waals surface area contributed by atoms with E-state index < -0.39 is 10.0 Å². The van der Waals surface area contributed by atoms with Gasteiger partial charge in [-0.15, -0.1) is 0 Å². The number of sulfonamides is 1. The lowest BCUT2D eigenvalue weighted by Crippen LogP contribution is -2.28. The second kappa shape index (κ2) is 8.61. The van der Waals surface area contributed by atoms with Gasteiger partial charge in [0.2, 0.25) is 10.0 Å². The highest BCUT2D eigenvalue weighted by molar-refractivity contribution is 7.89. The summed E-state index contributed by atoms with van der Waals surface area (Å²) in [6, 6.07) is 10.1. The fraction of sp³-hybridized carbons (Fsp3) is 0.333. The zero-order chi connectivity index (χ0) is 21.2. The molecule has 0 bridgehead atoms. The Morgan fingerprint density at radius 1 is 1.14 bits per heavy atom. The van der Waals surface area contributed by atoms with Gasteiger partial charge in [0.25, 0.3) is 5.91 Å². The maximum atomic E-state index is 12.6. The van der Waals surface area contributed by atoms with Crippen molar-refractivity contribution >= 4 is 42.6 Å². The van der Waals surface area contributed by atoms with Crippen molar-refractivity contribution in [2.75, 3.05) is 18.9 Å². The van der Waals surface area contributed by atoms with Crippen LogP contribution in [0.5, 0.6) is 0 Å². The van der Waals surface area contributed by atoms with Gasteiger partial charge in [0, 0.05) is 19.2 Å². The first kappa shape index (κ1) is 21.4. The van der Waals surface area contributed by atoms with Gasteiger partial charge in [0.1, 0.15) is 0 Å². The van der Waals surface area contributed by atoms with Crippen LogP contribution in [0.1, 0.15) is 41.3 Å². The molecule has 154 valence electrons. The Kier molecular flexibility index (Phi) is 6.36. The molecule has 0 aliphatic rings. The van der Waals surface area contributed by atoms with E-state index in [9.17, 15) is 13.2 Å². The van der Waals surface area contributed by atoms with Crippen LogP contribution < -0.4 is 5.32 Å². The van der Waals surface area contributed by atoms with E-state index in [1.807, 2.05) is 26.8 Å². The van der Waals surface area contributed by atoms with Crippen molar-refractivity contribution in [1.82, 2.24) is 9.29 Å². The number of amides is 1. The highest BCUT2D eigenvalue weighted by Gasteiger charge is 2.20. The molecule has 0 fully saturated rings. The monoisotopic (exact) mass is 431 g/mol. The van der Waals surface area contributed by atoms with E-state index in [1.54, 1.807) is 7.05 Å². The SMILES string of the molecule is CCCCN(C)S(=O)(=O)c1ccc(C(=O)Nc2nc3cc(C)c(C)cc3s2)cc1. The third kappa shape index (κ3) is 4.66. The molecule has 6 nitrogen and oxygen atoms in total. The first-order valence-electron chi connectivity index (χ1n) is 9.48. The van der Waals surface area contributed by atoms with Gasteiger partial charge in [0.15, 0.2) is 5.13 Å². The molecule has 0 saturated heterocycles. The number of benzene rings is 2. The number of nitrogens with one attached hydrogen (secondary N) is 1. The predicted octanol–water partition coefficient (Wildman–Crippen LogP) is 4.59. The second-order valence-corrected chi connectivity index (χ2v) is 10.2. The van der Waals surface area contributed by atoms with Crippen LogP contribution in [-0.2, 0) is 10.0 Å². The van der Waals surface area contributed by atoms with Gasteiger partial charge in [0.05, 0.1) is 15.1 Å². The van der Waals surface area contributed by atoms with Crippen LogP contribution in [0.4, 0.5) is 5.13 Å². The third-order valence-corrected chi connectivity index (χ3v) is 7.68. The summed E-state index contributed by atoms with van der Waals surface area (Å²) >= 11 is 1.42. The number of carbonyl (C=O) groups is 1. The number of hydrogen-bond acceptors (Lipinski definition) is 5. The highest BCUT2D eigenvalue weighted by atomic mass is 32.2. The van der Waals surface area contributed by atoms with Crippen LogP contribution in [0.2, 0.25) is 0 Å². The Morgan fingerprint density at radius 2 is 1.79 bits per heavy atom. The predicted molar refractivity (Wildman–Crippen MR) is 118 cm³/mol. The Hall–Kier alpha value is -2.29. The molecule has 1 N–H and O–H groups in total. The summed E-state index contributed by atoms with van der Waals surface area (Å²) < 4.78 is 27.5. The van der Waals surface area contributed by atoms with Crippen LogP contribution in [0.15, 0.2) is 41.3 Å². The average Bonchev–Trinajstić information content (AvgIpc) is 3.07. The van der Waals surface area contributed by atoms with Crippen molar-refractivity contribution < 1.29 is 13.2 Å². The molecule has 8 heteroatoms. The number of aryl methyl sites for hydroxylation is 2. The third-order valence-electron chi connectivity index (χ3n) is 4.88. The van der Waals surface area contributed by atoms with E-state index in [0.717, 1.165) is 28.6 Å². The van der Waals surface area contributed by atoms with Crippen LogP contribution in [0.25, 0.3) is 10.2 Å². The lowest BCUT2D eigenvalue weighted by Gasteiger charge is -2.16. The first-order chi connectivity index (χ1) is 13.7. The minimum atomic E-state index is -3.55. The molecule has 0 saturated carbocycles. The fourth-order valence-corrected chi connectivity index (χ4v) is 5.01. The van der Waals surface area contributed by atoms with Crippen molar-refractivity contribution in [3.63, 3.8) is 0 Å². The number of unbranched alkanes of at least 4 members (excludes halogenated alkanes) is 1. The van der Waals surface area contributed by atoms with E-state index in [0.29, 0.717) is 17.2 Å². The number of fused-ring (bicyclic) bond motifs is 1. The summed E-state index contributed by atoms with van der Waals surface area (Å²) in [5.41, 5.74) is 3.57. The largest absolute Gasteiger partial charge is 0.298 e. The molecule has 1 heterocycles. The molecule has 3 aromatic rings. The maximum Gasteiger partial charge on any atom is 0.257 e. The Morgan fingerprint density at radius 3 is 2.45 bits per heavy atom. The number of aromatic nitrogens is 1. The minimum Gasteiger partial charge on any atom is -0.298 e. The second-order valence-electron chi connectivity index (χ2n) is 7.08. The molecule has 29 heavy (non-hydrogen) atoms. The van der Waals surface area contributed by atoms with E-state index in [-0.39, 0.29) is 10.8 Å².